The molecule has 0 radical (unpaired) electrons. The van der Waals surface area contributed by atoms with Crippen molar-refractivity contribution in [3.8, 4) is 0 Å². The highest BCUT2D eigenvalue weighted by Gasteiger charge is 2.45. The van der Waals surface area contributed by atoms with E-state index in [2.05, 4.69) is 26.4 Å². The van der Waals surface area contributed by atoms with Crippen molar-refractivity contribution < 1.29 is 9.53 Å². The summed E-state index contributed by atoms with van der Waals surface area (Å²) in [5, 5.41) is 7.36. The van der Waals surface area contributed by atoms with Crippen LogP contribution in [0.4, 0.5) is 11.6 Å². The molecular weight excluding hydrogens is 368 g/mol. The second kappa shape index (κ2) is 7.26. The van der Waals surface area contributed by atoms with Gasteiger partial charge < -0.3 is 15.0 Å². The van der Waals surface area contributed by atoms with Gasteiger partial charge in [0.05, 0.1) is 29.7 Å². The van der Waals surface area contributed by atoms with E-state index in [0.717, 1.165) is 43.5 Å². The SMILES string of the molecule is COC1CC(C(=O)N2C3C=C(c4ccnc(Nc5cnn(C)c5)n4)CC2CC3)C1. The minimum absolute atomic E-state index is 0.132. The fraction of sp³-hybridized carbons (Fsp3) is 0.524. The minimum Gasteiger partial charge on any atom is -0.381 e. The molecule has 0 aromatic carbocycles. The second-order valence-corrected chi connectivity index (χ2v) is 8.26. The lowest BCUT2D eigenvalue weighted by atomic mass is 9.80. The van der Waals surface area contributed by atoms with Gasteiger partial charge >= 0.3 is 0 Å². The van der Waals surface area contributed by atoms with E-state index >= 15 is 0 Å². The molecule has 5 rings (SSSR count). The summed E-state index contributed by atoms with van der Waals surface area (Å²) in [5.74, 6) is 0.998. The largest absolute Gasteiger partial charge is 0.381 e. The molecule has 2 aromatic heterocycles. The molecule has 1 saturated heterocycles. The number of ether oxygens (including phenoxy) is 1. The van der Waals surface area contributed by atoms with Crippen molar-refractivity contribution in [2.45, 2.75) is 50.3 Å². The molecule has 8 nitrogen and oxygen atoms in total. The third kappa shape index (κ3) is 3.42. The van der Waals surface area contributed by atoms with Crippen LogP contribution in [0.3, 0.4) is 0 Å². The van der Waals surface area contributed by atoms with E-state index in [0.29, 0.717) is 11.9 Å². The van der Waals surface area contributed by atoms with Crippen molar-refractivity contribution in [1.82, 2.24) is 24.6 Å². The van der Waals surface area contributed by atoms with E-state index in [-0.39, 0.29) is 24.1 Å². The van der Waals surface area contributed by atoms with Gasteiger partial charge in [-0.3, -0.25) is 9.48 Å². The van der Waals surface area contributed by atoms with Crippen LogP contribution in [0, 0.1) is 5.92 Å². The molecule has 2 aliphatic heterocycles. The molecule has 2 bridgehead atoms. The van der Waals surface area contributed by atoms with Crippen LogP contribution < -0.4 is 5.32 Å². The Balaban J connectivity index is 1.32. The average Bonchev–Trinajstić information content (AvgIpc) is 3.20. The number of nitrogens with zero attached hydrogens (tertiary/aromatic N) is 5. The highest BCUT2D eigenvalue weighted by molar-refractivity contribution is 5.83. The number of anilines is 2. The summed E-state index contributed by atoms with van der Waals surface area (Å²) in [6, 6.07) is 2.41. The smallest absolute Gasteiger partial charge is 0.227 e. The average molecular weight is 394 g/mol. The van der Waals surface area contributed by atoms with Gasteiger partial charge in [-0.1, -0.05) is 6.08 Å². The first-order valence-corrected chi connectivity index (χ1v) is 10.3. The summed E-state index contributed by atoms with van der Waals surface area (Å²) in [5.41, 5.74) is 2.99. The Labute approximate surface area is 170 Å². The minimum atomic E-state index is 0.132. The van der Waals surface area contributed by atoms with Crippen LogP contribution >= 0.6 is 0 Å². The maximum absolute atomic E-state index is 13.0. The van der Waals surface area contributed by atoms with E-state index in [9.17, 15) is 4.79 Å². The summed E-state index contributed by atoms with van der Waals surface area (Å²) in [4.78, 5) is 24.2. The maximum Gasteiger partial charge on any atom is 0.227 e. The fourth-order valence-electron chi connectivity index (χ4n) is 4.75. The first-order valence-electron chi connectivity index (χ1n) is 10.3. The van der Waals surface area contributed by atoms with Crippen molar-refractivity contribution in [2.75, 3.05) is 12.4 Å². The molecule has 3 aliphatic rings. The molecule has 1 aliphatic carbocycles. The van der Waals surface area contributed by atoms with Gasteiger partial charge in [-0.25, -0.2) is 9.97 Å². The highest BCUT2D eigenvalue weighted by Crippen LogP contribution is 2.41. The molecule has 152 valence electrons. The summed E-state index contributed by atoms with van der Waals surface area (Å²) >= 11 is 0. The van der Waals surface area contributed by atoms with Gasteiger partial charge in [0, 0.05) is 38.5 Å². The Morgan fingerprint density at radius 2 is 2.17 bits per heavy atom. The first-order chi connectivity index (χ1) is 14.1. The van der Waals surface area contributed by atoms with Crippen molar-refractivity contribution in [3.63, 3.8) is 0 Å². The van der Waals surface area contributed by atoms with Crippen molar-refractivity contribution in [2.24, 2.45) is 13.0 Å². The predicted octanol–water partition coefficient (Wildman–Crippen LogP) is 2.53. The Morgan fingerprint density at radius 1 is 1.31 bits per heavy atom. The van der Waals surface area contributed by atoms with Crippen LogP contribution in [-0.2, 0) is 16.6 Å². The standard InChI is InChI=1S/C21H26N6O2/c1-26-12-15(11-23-26)24-21-22-6-5-19(25-21)13-7-16-3-4-17(8-13)27(16)20(28)14-9-18(10-14)29-2/h5-7,11-12,14,16-18H,3-4,8-10H2,1-2H3,(H,22,24,25). The van der Waals surface area contributed by atoms with Crippen LogP contribution in [0.15, 0.2) is 30.7 Å². The molecule has 2 atom stereocenters. The number of nitrogens with one attached hydrogen (secondary N) is 1. The molecule has 1 amide bonds. The summed E-state index contributed by atoms with van der Waals surface area (Å²) < 4.78 is 7.08. The van der Waals surface area contributed by atoms with Gasteiger partial charge in [0.25, 0.3) is 0 Å². The lowest BCUT2D eigenvalue weighted by Crippen LogP contribution is -2.50. The van der Waals surface area contributed by atoms with E-state index < -0.39 is 0 Å². The lowest BCUT2D eigenvalue weighted by molar-refractivity contribution is -0.145. The molecule has 8 heteroatoms. The zero-order valence-corrected chi connectivity index (χ0v) is 16.8. The summed E-state index contributed by atoms with van der Waals surface area (Å²) in [6.07, 6.45) is 12.6. The normalized spacial score (nSPS) is 28.1. The van der Waals surface area contributed by atoms with Gasteiger partial charge in [-0.2, -0.15) is 5.10 Å². The van der Waals surface area contributed by atoms with Crippen LogP contribution in [0.25, 0.3) is 5.57 Å². The maximum atomic E-state index is 13.0. The Kier molecular flexibility index (Phi) is 4.58. The van der Waals surface area contributed by atoms with Gasteiger partial charge in [0.15, 0.2) is 0 Å². The van der Waals surface area contributed by atoms with Crippen molar-refractivity contribution >= 4 is 23.1 Å². The van der Waals surface area contributed by atoms with Gasteiger partial charge in [-0.15, -0.1) is 0 Å². The molecular formula is C21H26N6O2. The topological polar surface area (TPSA) is 85.2 Å². The lowest BCUT2D eigenvalue weighted by Gasteiger charge is -2.41. The third-order valence-electron chi connectivity index (χ3n) is 6.37. The Hall–Kier alpha value is -2.74. The number of aryl methyl sites for hydroxylation is 1. The van der Waals surface area contributed by atoms with Gasteiger partial charge in [0.2, 0.25) is 11.9 Å². The molecule has 2 fully saturated rings. The van der Waals surface area contributed by atoms with E-state index in [1.165, 1.54) is 5.57 Å². The first kappa shape index (κ1) is 18.3. The van der Waals surface area contributed by atoms with E-state index in [4.69, 9.17) is 9.72 Å². The summed E-state index contributed by atoms with van der Waals surface area (Å²) in [6.45, 7) is 0. The van der Waals surface area contributed by atoms with E-state index in [1.54, 1.807) is 24.2 Å². The van der Waals surface area contributed by atoms with Gasteiger partial charge in [-0.05, 0) is 43.7 Å². The number of hydrogen-bond donors (Lipinski definition) is 1. The zero-order valence-electron chi connectivity index (χ0n) is 16.8. The molecule has 29 heavy (non-hydrogen) atoms. The quantitative estimate of drug-likeness (QED) is 0.839. The molecule has 0 spiro atoms. The predicted molar refractivity (Wildman–Crippen MR) is 108 cm³/mol. The molecule has 2 unspecified atom stereocenters. The second-order valence-electron chi connectivity index (χ2n) is 8.26. The van der Waals surface area contributed by atoms with Crippen LogP contribution in [0.2, 0.25) is 0 Å². The number of aromatic nitrogens is 4. The molecule has 1 N–H and O–H groups in total. The molecule has 1 saturated carbocycles. The number of amides is 1. The van der Waals surface area contributed by atoms with Gasteiger partial charge in [0.1, 0.15) is 0 Å². The Morgan fingerprint density at radius 3 is 2.90 bits per heavy atom. The number of rotatable bonds is 5. The molecule has 4 heterocycles. The zero-order chi connectivity index (χ0) is 20.0. The number of methoxy groups -OCH3 is 1. The van der Waals surface area contributed by atoms with Crippen molar-refractivity contribution in [1.29, 1.82) is 0 Å². The summed E-state index contributed by atoms with van der Waals surface area (Å²) in [7, 11) is 3.60. The monoisotopic (exact) mass is 394 g/mol. The Bertz CT molecular complexity index is 948. The van der Waals surface area contributed by atoms with Crippen LogP contribution in [-0.4, -0.2) is 55.9 Å². The number of carbonyl (C=O) groups is 1. The number of fused-ring (bicyclic) bond motifs is 2. The van der Waals surface area contributed by atoms with Crippen LogP contribution in [0.5, 0.6) is 0 Å². The van der Waals surface area contributed by atoms with E-state index in [1.807, 2.05) is 19.3 Å². The van der Waals surface area contributed by atoms with Crippen LogP contribution in [0.1, 0.15) is 37.8 Å². The molecule has 2 aromatic rings. The highest BCUT2D eigenvalue weighted by atomic mass is 16.5. The van der Waals surface area contributed by atoms with Crippen molar-refractivity contribution in [3.05, 3.63) is 36.4 Å². The third-order valence-corrected chi connectivity index (χ3v) is 6.37. The number of carbonyl (C=O) groups excluding carboxylic acids is 1. The number of hydrogen-bond acceptors (Lipinski definition) is 6. The fourth-order valence-corrected chi connectivity index (χ4v) is 4.75.